The van der Waals surface area contributed by atoms with E-state index in [1.165, 1.54) is 41.3 Å². The number of fused-ring (bicyclic) bond motifs is 1. The van der Waals surface area contributed by atoms with Crippen molar-refractivity contribution in [2.45, 2.75) is 58.4 Å². The maximum atomic E-state index is 5.80. The van der Waals surface area contributed by atoms with Crippen LogP contribution in [0.2, 0.25) is 0 Å². The fraction of sp³-hybridized carbons (Fsp3) is 0.647. The first-order valence-electron chi connectivity index (χ1n) is 7.92. The highest BCUT2D eigenvalue weighted by Crippen LogP contribution is 2.33. The Kier molecular flexibility index (Phi) is 6.37. The Labute approximate surface area is 131 Å². The van der Waals surface area contributed by atoms with Crippen molar-refractivity contribution < 1.29 is 4.74 Å². The van der Waals surface area contributed by atoms with Gasteiger partial charge in [0.05, 0.1) is 6.61 Å². The van der Waals surface area contributed by atoms with Crippen LogP contribution in [0.4, 0.5) is 0 Å². The number of ether oxygens (including phenoxy) is 1. The molecule has 0 bridgehead atoms. The summed E-state index contributed by atoms with van der Waals surface area (Å²) in [6.07, 6.45) is 7.19. The Morgan fingerprint density at radius 3 is 2.90 bits per heavy atom. The molecule has 1 N–H and O–H groups in total. The second-order valence-corrected chi connectivity index (χ2v) is 6.50. The maximum absolute atomic E-state index is 5.80. The number of rotatable bonds is 8. The van der Waals surface area contributed by atoms with Gasteiger partial charge in [-0.3, -0.25) is 0 Å². The fourth-order valence-electron chi connectivity index (χ4n) is 3.06. The average molecular weight is 340 g/mol. The van der Waals surface area contributed by atoms with Crippen LogP contribution in [0.15, 0.2) is 16.6 Å². The second kappa shape index (κ2) is 8.04. The lowest BCUT2D eigenvalue weighted by Gasteiger charge is -2.17. The van der Waals surface area contributed by atoms with E-state index in [1.54, 1.807) is 0 Å². The van der Waals surface area contributed by atoms with Gasteiger partial charge in [0.25, 0.3) is 0 Å². The Morgan fingerprint density at radius 2 is 2.15 bits per heavy atom. The average Bonchev–Trinajstić information content (AvgIpc) is 2.87. The second-order valence-electron chi connectivity index (χ2n) is 5.59. The van der Waals surface area contributed by atoms with Gasteiger partial charge < -0.3 is 10.1 Å². The molecule has 2 rings (SSSR count). The van der Waals surface area contributed by atoms with Gasteiger partial charge in [0.1, 0.15) is 5.75 Å². The minimum atomic E-state index is 0.672. The van der Waals surface area contributed by atoms with Gasteiger partial charge in [-0.05, 0) is 55.5 Å². The van der Waals surface area contributed by atoms with Crippen molar-refractivity contribution in [1.29, 1.82) is 0 Å². The Bertz CT molecular complexity index is 427. The number of nitrogens with one attached hydrogen (secondary N) is 1. The maximum Gasteiger partial charge on any atom is 0.125 e. The zero-order valence-electron chi connectivity index (χ0n) is 12.7. The van der Waals surface area contributed by atoms with E-state index in [9.17, 15) is 0 Å². The van der Waals surface area contributed by atoms with Gasteiger partial charge in [0.2, 0.25) is 0 Å². The lowest BCUT2D eigenvalue weighted by molar-refractivity contribution is 0.352. The molecule has 2 nitrogen and oxygen atoms in total. The summed E-state index contributed by atoms with van der Waals surface area (Å²) in [5, 5.41) is 3.59. The molecule has 0 aromatic heterocycles. The number of benzene rings is 1. The zero-order chi connectivity index (χ0) is 14.4. The van der Waals surface area contributed by atoms with E-state index in [-0.39, 0.29) is 0 Å². The smallest absolute Gasteiger partial charge is 0.125 e. The minimum absolute atomic E-state index is 0.672. The third-order valence-corrected chi connectivity index (χ3v) is 4.41. The van der Waals surface area contributed by atoms with Crippen molar-refractivity contribution in [1.82, 2.24) is 5.32 Å². The summed E-state index contributed by atoms with van der Waals surface area (Å²) in [6.45, 7) is 6.37. The van der Waals surface area contributed by atoms with Crippen molar-refractivity contribution >= 4 is 15.9 Å². The van der Waals surface area contributed by atoms with E-state index in [1.807, 2.05) is 0 Å². The van der Waals surface area contributed by atoms with Gasteiger partial charge in [0.15, 0.2) is 0 Å². The Hall–Kier alpha value is -0.540. The highest BCUT2D eigenvalue weighted by Gasteiger charge is 2.17. The van der Waals surface area contributed by atoms with E-state index in [4.69, 9.17) is 4.74 Å². The number of halogens is 1. The molecule has 1 aromatic rings. The lowest BCUT2D eigenvalue weighted by Crippen LogP contribution is -2.28. The topological polar surface area (TPSA) is 21.3 Å². The molecule has 0 aliphatic carbocycles. The highest BCUT2D eigenvalue weighted by molar-refractivity contribution is 9.10. The zero-order valence-corrected chi connectivity index (χ0v) is 14.3. The molecule has 0 radical (unpaired) electrons. The van der Waals surface area contributed by atoms with E-state index in [0.717, 1.165) is 31.7 Å². The molecule has 0 saturated heterocycles. The van der Waals surface area contributed by atoms with Gasteiger partial charge >= 0.3 is 0 Å². The normalized spacial score (nSPS) is 14.9. The molecule has 0 spiro atoms. The number of hydrogen-bond donors (Lipinski definition) is 1. The minimum Gasteiger partial charge on any atom is -0.493 e. The van der Waals surface area contributed by atoms with Crippen molar-refractivity contribution in [2.75, 3.05) is 13.2 Å². The first kappa shape index (κ1) is 15.8. The van der Waals surface area contributed by atoms with Crippen LogP contribution in [-0.2, 0) is 12.8 Å². The van der Waals surface area contributed by atoms with Crippen molar-refractivity contribution in [2.24, 2.45) is 0 Å². The number of aryl methyl sites for hydroxylation is 1. The van der Waals surface area contributed by atoms with Crippen LogP contribution in [0.5, 0.6) is 5.75 Å². The summed E-state index contributed by atoms with van der Waals surface area (Å²) in [5.74, 6) is 1.16. The standard InChI is InChI=1S/C17H26BrNO/c1-3-6-16(19-4-2)8-5-7-13-11-15(18)12-14-9-10-20-17(13)14/h11-12,16,19H,3-10H2,1-2H3. The monoisotopic (exact) mass is 339 g/mol. The molecule has 1 aliphatic heterocycles. The molecule has 112 valence electrons. The molecule has 20 heavy (non-hydrogen) atoms. The quantitative estimate of drug-likeness (QED) is 0.753. The van der Waals surface area contributed by atoms with Crippen molar-refractivity contribution in [3.63, 3.8) is 0 Å². The van der Waals surface area contributed by atoms with E-state index in [0.29, 0.717) is 6.04 Å². The lowest BCUT2D eigenvalue weighted by atomic mass is 9.99. The molecule has 1 aromatic carbocycles. The van der Waals surface area contributed by atoms with Crippen molar-refractivity contribution in [3.8, 4) is 5.75 Å². The van der Waals surface area contributed by atoms with E-state index in [2.05, 4.69) is 47.2 Å². The summed E-state index contributed by atoms with van der Waals surface area (Å²) >= 11 is 3.62. The Morgan fingerprint density at radius 1 is 1.30 bits per heavy atom. The first-order chi connectivity index (χ1) is 9.74. The molecule has 1 aliphatic rings. The third-order valence-electron chi connectivity index (χ3n) is 3.95. The van der Waals surface area contributed by atoms with Gasteiger partial charge in [0, 0.05) is 16.9 Å². The van der Waals surface area contributed by atoms with Crippen LogP contribution < -0.4 is 10.1 Å². The molecule has 3 heteroatoms. The molecular weight excluding hydrogens is 314 g/mol. The summed E-state index contributed by atoms with van der Waals surface area (Å²) in [4.78, 5) is 0. The third kappa shape index (κ3) is 4.23. The van der Waals surface area contributed by atoms with Crippen LogP contribution >= 0.6 is 15.9 Å². The Balaban J connectivity index is 1.91. The molecule has 0 fully saturated rings. The molecule has 1 atom stereocenters. The molecule has 0 saturated carbocycles. The summed E-state index contributed by atoms with van der Waals surface area (Å²) < 4.78 is 6.99. The van der Waals surface area contributed by atoms with Gasteiger partial charge in [-0.2, -0.15) is 0 Å². The molecular formula is C17H26BrNO. The SMILES string of the molecule is CCCC(CCCc1cc(Br)cc2c1OCC2)NCC. The van der Waals surface area contributed by atoms with Crippen LogP contribution in [0, 0.1) is 0 Å². The van der Waals surface area contributed by atoms with E-state index < -0.39 is 0 Å². The van der Waals surface area contributed by atoms with Crippen LogP contribution in [0.3, 0.4) is 0 Å². The summed E-state index contributed by atoms with van der Waals surface area (Å²) in [7, 11) is 0. The van der Waals surface area contributed by atoms with Crippen LogP contribution in [0.1, 0.15) is 50.7 Å². The molecule has 1 heterocycles. The largest absolute Gasteiger partial charge is 0.493 e. The van der Waals surface area contributed by atoms with Crippen LogP contribution in [0.25, 0.3) is 0 Å². The van der Waals surface area contributed by atoms with Gasteiger partial charge in [-0.1, -0.05) is 36.2 Å². The fourth-order valence-corrected chi connectivity index (χ4v) is 3.61. The van der Waals surface area contributed by atoms with Gasteiger partial charge in [-0.25, -0.2) is 0 Å². The predicted molar refractivity (Wildman–Crippen MR) is 88.7 cm³/mol. The molecule has 0 amide bonds. The van der Waals surface area contributed by atoms with E-state index >= 15 is 0 Å². The molecule has 1 unspecified atom stereocenters. The first-order valence-corrected chi connectivity index (χ1v) is 8.71. The summed E-state index contributed by atoms with van der Waals surface area (Å²) in [5.41, 5.74) is 2.74. The van der Waals surface area contributed by atoms with Crippen LogP contribution in [-0.4, -0.2) is 19.2 Å². The summed E-state index contributed by atoms with van der Waals surface area (Å²) in [6, 6.07) is 5.10. The van der Waals surface area contributed by atoms with Crippen molar-refractivity contribution in [3.05, 3.63) is 27.7 Å². The number of hydrogen-bond acceptors (Lipinski definition) is 2. The highest BCUT2D eigenvalue weighted by atomic mass is 79.9. The predicted octanol–water partition coefficient (Wildman–Crippen LogP) is 4.48. The van der Waals surface area contributed by atoms with Gasteiger partial charge in [-0.15, -0.1) is 0 Å².